The van der Waals surface area contributed by atoms with Crippen molar-refractivity contribution in [3.05, 3.63) is 81.3 Å². The van der Waals surface area contributed by atoms with Crippen LogP contribution in [0, 0.1) is 10.1 Å². The average Bonchev–Trinajstić information content (AvgIpc) is 3.03. The number of thiocarbonyl (C=S) groups is 1. The number of carbonyl (C=O) groups is 2. The van der Waals surface area contributed by atoms with Crippen LogP contribution in [0.3, 0.4) is 0 Å². The number of carbonyl (C=O) groups excluding carboxylic acids is 2. The molecule has 2 aromatic rings. The van der Waals surface area contributed by atoms with Gasteiger partial charge in [-0.05, 0) is 24.1 Å². The monoisotopic (exact) mass is 469 g/mol. The lowest BCUT2D eigenvalue weighted by Crippen LogP contribution is -2.29. The molecule has 1 aliphatic heterocycles. The molecule has 164 valence electrons. The molecule has 1 heterocycles. The van der Waals surface area contributed by atoms with E-state index in [1.54, 1.807) is 12.2 Å². The predicted octanol–water partition coefficient (Wildman–Crippen LogP) is 4.48. The van der Waals surface area contributed by atoms with Crippen molar-refractivity contribution in [2.75, 3.05) is 11.9 Å². The first kappa shape index (κ1) is 23.2. The molecule has 1 fully saturated rings. The Kier molecular flexibility index (Phi) is 7.74. The maximum absolute atomic E-state index is 12.6. The molecule has 0 saturated carbocycles. The fraction of sp³-hybridized carbons (Fsp3) is 0.136. The largest absolute Gasteiger partial charge is 0.506 e. The van der Waals surface area contributed by atoms with E-state index < -0.39 is 10.8 Å². The summed E-state index contributed by atoms with van der Waals surface area (Å²) < 4.78 is 0.422. The molecule has 0 atom stereocenters. The number of nitro groups is 1. The SMILES string of the molecule is O=C(CCCN1C(=O)/C(=C/C=C/c2ccccc2)SC1=S)Nc1cc([N+](=O)[O-])ccc1O. The second-order valence-electron chi connectivity index (χ2n) is 6.74. The molecular formula is C22H19N3O5S2. The first-order chi connectivity index (χ1) is 15.3. The average molecular weight is 470 g/mol. The van der Waals surface area contributed by atoms with E-state index in [2.05, 4.69) is 5.32 Å². The van der Waals surface area contributed by atoms with E-state index in [0.717, 1.165) is 23.8 Å². The minimum absolute atomic E-state index is 0.0389. The van der Waals surface area contributed by atoms with Gasteiger partial charge in [-0.25, -0.2) is 0 Å². The van der Waals surface area contributed by atoms with Gasteiger partial charge < -0.3 is 10.4 Å². The molecule has 0 unspecified atom stereocenters. The highest BCUT2D eigenvalue weighted by atomic mass is 32.2. The summed E-state index contributed by atoms with van der Waals surface area (Å²) in [6, 6.07) is 13.1. The van der Waals surface area contributed by atoms with Crippen molar-refractivity contribution >= 4 is 57.6 Å². The third kappa shape index (κ3) is 6.02. The number of nitrogens with one attached hydrogen (secondary N) is 1. The normalized spacial score (nSPS) is 15.0. The Bertz CT molecular complexity index is 1120. The molecule has 0 bridgehead atoms. The van der Waals surface area contributed by atoms with Gasteiger partial charge in [-0.15, -0.1) is 0 Å². The molecule has 0 aromatic heterocycles. The van der Waals surface area contributed by atoms with Crippen LogP contribution >= 0.6 is 24.0 Å². The van der Waals surface area contributed by atoms with Gasteiger partial charge in [-0.1, -0.05) is 66.5 Å². The van der Waals surface area contributed by atoms with E-state index in [-0.39, 0.29) is 36.0 Å². The summed E-state index contributed by atoms with van der Waals surface area (Å²) in [5.41, 5.74) is 0.728. The lowest BCUT2D eigenvalue weighted by molar-refractivity contribution is -0.384. The fourth-order valence-corrected chi connectivity index (χ4v) is 4.13. The molecule has 2 N–H and O–H groups in total. The zero-order chi connectivity index (χ0) is 23.1. The van der Waals surface area contributed by atoms with Gasteiger partial charge in [0.1, 0.15) is 10.1 Å². The second kappa shape index (κ2) is 10.7. The minimum atomic E-state index is -0.618. The molecule has 2 amide bonds. The van der Waals surface area contributed by atoms with Crippen molar-refractivity contribution in [1.29, 1.82) is 0 Å². The number of benzene rings is 2. The number of amides is 2. The number of aromatic hydroxyl groups is 1. The summed E-state index contributed by atoms with van der Waals surface area (Å²) in [6.45, 7) is 0.263. The van der Waals surface area contributed by atoms with Crippen LogP contribution in [0.1, 0.15) is 18.4 Å². The van der Waals surface area contributed by atoms with Crippen molar-refractivity contribution in [1.82, 2.24) is 4.90 Å². The highest BCUT2D eigenvalue weighted by molar-refractivity contribution is 8.26. The maximum atomic E-state index is 12.6. The van der Waals surface area contributed by atoms with Crippen molar-refractivity contribution in [2.45, 2.75) is 12.8 Å². The molecule has 0 aliphatic carbocycles. The number of anilines is 1. The molecule has 1 aliphatic rings. The van der Waals surface area contributed by atoms with E-state index in [4.69, 9.17) is 12.2 Å². The molecule has 10 heteroatoms. The molecule has 32 heavy (non-hydrogen) atoms. The summed E-state index contributed by atoms with van der Waals surface area (Å²) in [5, 5.41) is 23.1. The van der Waals surface area contributed by atoms with Crippen molar-refractivity contribution in [3.8, 4) is 5.75 Å². The zero-order valence-corrected chi connectivity index (χ0v) is 18.4. The number of nitrogens with zero attached hydrogens (tertiary/aromatic N) is 2. The van der Waals surface area contributed by atoms with Crippen molar-refractivity contribution < 1.29 is 19.6 Å². The Labute approximate surface area is 193 Å². The standard InChI is InChI=1S/C22H19N3O5S2/c26-18-12-11-16(25(29)30)14-17(18)23-20(27)10-5-13-24-21(28)19(32-22(24)31)9-4-8-15-6-2-1-3-7-15/h1-4,6-9,11-12,14,26H,5,10,13H2,(H,23,27)/b8-4+,19-9-. The Morgan fingerprint density at radius 2 is 2.00 bits per heavy atom. The third-order valence-electron chi connectivity index (χ3n) is 4.46. The third-order valence-corrected chi connectivity index (χ3v) is 5.86. The summed E-state index contributed by atoms with van der Waals surface area (Å²) in [7, 11) is 0. The topological polar surface area (TPSA) is 113 Å². The first-order valence-corrected chi connectivity index (χ1v) is 10.8. The molecule has 0 radical (unpaired) electrons. The Morgan fingerprint density at radius 3 is 2.72 bits per heavy atom. The van der Waals surface area contributed by atoms with Crippen molar-refractivity contribution in [2.24, 2.45) is 0 Å². The van der Waals surface area contributed by atoms with Crippen LogP contribution in [0.15, 0.2) is 65.6 Å². The highest BCUT2D eigenvalue weighted by Gasteiger charge is 2.31. The smallest absolute Gasteiger partial charge is 0.271 e. The number of hydrogen-bond donors (Lipinski definition) is 2. The van der Waals surface area contributed by atoms with Gasteiger partial charge in [0.15, 0.2) is 0 Å². The summed E-state index contributed by atoms with van der Waals surface area (Å²) in [5.74, 6) is -0.920. The predicted molar refractivity (Wildman–Crippen MR) is 128 cm³/mol. The number of allylic oxidation sites excluding steroid dienone is 2. The number of phenols is 1. The summed E-state index contributed by atoms with van der Waals surface area (Å²) >= 11 is 6.49. The van der Waals surface area contributed by atoms with Gasteiger partial charge >= 0.3 is 0 Å². The van der Waals surface area contributed by atoms with E-state index in [0.29, 0.717) is 15.6 Å². The van der Waals surface area contributed by atoms with Gasteiger partial charge in [0.2, 0.25) is 5.91 Å². The highest BCUT2D eigenvalue weighted by Crippen LogP contribution is 2.31. The van der Waals surface area contributed by atoms with Gasteiger partial charge in [0, 0.05) is 25.1 Å². The first-order valence-electron chi connectivity index (χ1n) is 9.59. The van der Waals surface area contributed by atoms with Crippen LogP contribution in [0.4, 0.5) is 11.4 Å². The van der Waals surface area contributed by atoms with E-state index in [9.17, 15) is 24.8 Å². The quantitative estimate of drug-likeness (QED) is 0.193. The summed E-state index contributed by atoms with van der Waals surface area (Å²) in [6.07, 6.45) is 5.78. The van der Waals surface area contributed by atoms with Gasteiger partial charge in [0.25, 0.3) is 11.6 Å². The van der Waals surface area contributed by atoms with E-state index in [1.165, 1.54) is 16.7 Å². The van der Waals surface area contributed by atoms with Crippen LogP contribution in [0.25, 0.3) is 6.08 Å². The number of hydrogen-bond acceptors (Lipinski definition) is 7. The Morgan fingerprint density at radius 1 is 1.25 bits per heavy atom. The van der Waals surface area contributed by atoms with E-state index >= 15 is 0 Å². The van der Waals surface area contributed by atoms with Crippen LogP contribution in [0.2, 0.25) is 0 Å². The fourth-order valence-electron chi connectivity index (χ4n) is 2.87. The number of nitro benzene ring substituents is 1. The van der Waals surface area contributed by atoms with Crippen LogP contribution < -0.4 is 5.32 Å². The van der Waals surface area contributed by atoms with Gasteiger partial charge in [-0.3, -0.25) is 24.6 Å². The maximum Gasteiger partial charge on any atom is 0.271 e. The van der Waals surface area contributed by atoms with E-state index in [1.807, 2.05) is 36.4 Å². The minimum Gasteiger partial charge on any atom is -0.506 e. The van der Waals surface area contributed by atoms with Gasteiger partial charge in [0.05, 0.1) is 15.5 Å². The number of rotatable bonds is 8. The van der Waals surface area contributed by atoms with Crippen LogP contribution in [0.5, 0.6) is 5.75 Å². The number of non-ortho nitro benzene ring substituents is 1. The zero-order valence-electron chi connectivity index (χ0n) is 16.8. The molecule has 3 rings (SSSR count). The lowest BCUT2D eigenvalue weighted by atomic mass is 10.2. The summed E-state index contributed by atoms with van der Waals surface area (Å²) in [4.78, 5) is 36.9. The Hall–Kier alpha value is -3.50. The molecule has 0 spiro atoms. The van der Waals surface area contributed by atoms with Gasteiger partial charge in [-0.2, -0.15) is 0 Å². The molecule has 1 saturated heterocycles. The lowest BCUT2D eigenvalue weighted by Gasteiger charge is -2.14. The number of phenolic OH excluding ortho intramolecular Hbond substituents is 1. The Balaban J connectivity index is 1.52. The molecule has 8 nitrogen and oxygen atoms in total. The van der Waals surface area contributed by atoms with Crippen LogP contribution in [-0.4, -0.2) is 37.6 Å². The second-order valence-corrected chi connectivity index (χ2v) is 8.41. The number of thioether (sulfide) groups is 1. The van der Waals surface area contributed by atoms with Crippen molar-refractivity contribution in [3.63, 3.8) is 0 Å². The van der Waals surface area contributed by atoms with Crippen LogP contribution in [-0.2, 0) is 9.59 Å². The molecular weight excluding hydrogens is 450 g/mol. The molecule has 2 aromatic carbocycles.